The van der Waals surface area contributed by atoms with E-state index in [4.69, 9.17) is 0 Å². The van der Waals surface area contributed by atoms with E-state index in [0.717, 1.165) is 42.7 Å². The average Bonchev–Trinajstić information content (AvgIpc) is 2.80. The molecular weight excluding hydrogens is 278 g/mol. The summed E-state index contributed by atoms with van der Waals surface area (Å²) in [6, 6.07) is 5.99. The molecular formula is C17H23N3O2. The van der Waals surface area contributed by atoms with Crippen molar-refractivity contribution in [3.05, 3.63) is 29.3 Å². The van der Waals surface area contributed by atoms with Gasteiger partial charge >= 0.3 is 0 Å². The predicted molar refractivity (Wildman–Crippen MR) is 85.6 cm³/mol. The summed E-state index contributed by atoms with van der Waals surface area (Å²) in [4.78, 5) is 27.9. The zero-order chi connectivity index (χ0) is 15.7. The van der Waals surface area contributed by atoms with Gasteiger partial charge in [-0.3, -0.25) is 9.59 Å². The molecule has 2 heterocycles. The molecule has 1 N–H and O–H groups in total. The van der Waals surface area contributed by atoms with E-state index in [1.165, 1.54) is 0 Å². The van der Waals surface area contributed by atoms with Crippen molar-refractivity contribution in [2.45, 2.75) is 25.8 Å². The molecule has 0 aromatic heterocycles. The van der Waals surface area contributed by atoms with Gasteiger partial charge in [0.25, 0.3) is 0 Å². The van der Waals surface area contributed by atoms with Crippen LogP contribution in [0.5, 0.6) is 0 Å². The summed E-state index contributed by atoms with van der Waals surface area (Å²) in [5, 5.41) is 3.04. The number of likely N-dealkylation sites (tertiary alicyclic amines) is 1. The van der Waals surface area contributed by atoms with Crippen LogP contribution in [0.25, 0.3) is 0 Å². The first kappa shape index (κ1) is 15.0. The van der Waals surface area contributed by atoms with Crippen molar-refractivity contribution >= 4 is 17.5 Å². The number of fused-ring (bicyclic) bond motifs is 1. The fraction of sp³-hybridized carbons (Fsp3) is 0.529. The molecule has 5 nitrogen and oxygen atoms in total. The number of benzene rings is 1. The number of hydrogen-bond donors (Lipinski definition) is 1. The summed E-state index contributed by atoms with van der Waals surface area (Å²) in [5.74, 6) is 0.419. The number of anilines is 1. The van der Waals surface area contributed by atoms with E-state index in [0.29, 0.717) is 13.0 Å². The number of carbonyl (C=O) groups excluding carboxylic acids is 2. The third-order valence-corrected chi connectivity index (χ3v) is 4.78. The van der Waals surface area contributed by atoms with Gasteiger partial charge in [0.1, 0.15) is 0 Å². The zero-order valence-electron chi connectivity index (χ0n) is 13.3. The second kappa shape index (κ2) is 6.08. The van der Waals surface area contributed by atoms with Crippen LogP contribution in [0, 0.1) is 5.92 Å². The molecule has 0 aliphatic carbocycles. The van der Waals surface area contributed by atoms with Crippen molar-refractivity contribution < 1.29 is 9.59 Å². The molecule has 2 aliphatic heterocycles. The number of hydrogen-bond acceptors (Lipinski definition) is 3. The maximum atomic E-state index is 12.2. The summed E-state index contributed by atoms with van der Waals surface area (Å²) < 4.78 is 0. The van der Waals surface area contributed by atoms with Crippen LogP contribution in [0.4, 0.5) is 5.69 Å². The second-order valence-electron chi connectivity index (χ2n) is 6.39. The Morgan fingerprint density at radius 3 is 2.73 bits per heavy atom. The maximum Gasteiger partial charge on any atom is 0.231 e. The van der Waals surface area contributed by atoms with E-state index >= 15 is 0 Å². The van der Waals surface area contributed by atoms with Crippen LogP contribution >= 0.6 is 0 Å². The van der Waals surface area contributed by atoms with Gasteiger partial charge in [-0.2, -0.15) is 0 Å². The van der Waals surface area contributed by atoms with Crippen LogP contribution < -0.4 is 10.2 Å². The molecule has 118 valence electrons. The van der Waals surface area contributed by atoms with E-state index in [9.17, 15) is 9.59 Å². The van der Waals surface area contributed by atoms with E-state index in [1.807, 2.05) is 18.2 Å². The highest BCUT2D eigenvalue weighted by molar-refractivity contribution is 6.00. The molecule has 1 aromatic rings. The Bertz CT molecular complexity index is 592. The molecule has 5 heteroatoms. The Morgan fingerprint density at radius 1 is 1.27 bits per heavy atom. The van der Waals surface area contributed by atoms with Gasteiger partial charge in [0.15, 0.2) is 0 Å². The molecule has 0 atom stereocenters. The summed E-state index contributed by atoms with van der Waals surface area (Å²) >= 11 is 0. The van der Waals surface area contributed by atoms with Crippen LogP contribution in [0.2, 0.25) is 0 Å². The summed E-state index contributed by atoms with van der Waals surface area (Å²) in [5.41, 5.74) is 3.09. The summed E-state index contributed by atoms with van der Waals surface area (Å²) in [6.45, 7) is 2.52. The minimum absolute atomic E-state index is 0.127. The van der Waals surface area contributed by atoms with Gasteiger partial charge in [-0.15, -0.1) is 0 Å². The third-order valence-electron chi connectivity index (χ3n) is 4.78. The molecule has 1 fully saturated rings. The van der Waals surface area contributed by atoms with Crippen molar-refractivity contribution in [1.82, 2.24) is 10.2 Å². The molecule has 3 rings (SSSR count). The molecule has 22 heavy (non-hydrogen) atoms. The third kappa shape index (κ3) is 2.99. The monoisotopic (exact) mass is 301 g/mol. The van der Waals surface area contributed by atoms with Gasteiger partial charge in [0.05, 0.1) is 6.42 Å². The number of likely N-dealkylation sites (N-methyl/N-ethyl adjacent to an activating group) is 1. The highest BCUT2D eigenvalue weighted by atomic mass is 16.2. The molecule has 1 aromatic carbocycles. The van der Waals surface area contributed by atoms with Gasteiger partial charge in [0, 0.05) is 25.2 Å². The fourth-order valence-corrected chi connectivity index (χ4v) is 3.24. The second-order valence-corrected chi connectivity index (χ2v) is 6.39. The predicted octanol–water partition coefficient (Wildman–Crippen LogP) is 1.16. The lowest BCUT2D eigenvalue weighted by molar-refractivity contribution is -0.126. The van der Waals surface area contributed by atoms with Gasteiger partial charge in [-0.25, -0.2) is 0 Å². The van der Waals surface area contributed by atoms with Crippen LogP contribution in [0.15, 0.2) is 18.2 Å². The SMILES string of the molecule is CN1CCC(C(=O)NCc2ccc3c(c2)CC(=O)N3C)CC1. The Kier molecular flexibility index (Phi) is 4.16. The first-order valence-electron chi connectivity index (χ1n) is 7.89. The van der Waals surface area contributed by atoms with E-state index in [-0.39, 0.29) is 17.7 Å². The lowest BCUT2D eigenvalue weighted by atomic mass is 9.96. The van der Waals surface area contributed by atoms with Gasteiger partial charge in [0.2, 0.25) is 11.8 Å². The highest BCUT2D eigenvalue weighted by Gasteiger charge is 2.25. The first-order chi connectivity index (χ1) is 10.5. The molecule has 1 saturated heterocycles. The molecule has 0 saturated carbocycles. The minimum Gasteiger partial charge on any atom is -0.352 e. The van der Waals surface area contributed by atoms with Crippen LogP contribution in [-0.4, -0.2) is 43.9 Å². The minimum atomic E-state index is 0.127. The van der Waals surface area contributed by atoms with Crippen LogP contribution in [-0.2, 0) is 22.6 Å². The summed E-state index contributed by atoms with van der Waals surface area (Å²) in [7, 11) is 3.90. The number of amides is 2. The molecule has 2 aliphatic rings. The Morgan fingerprint density at radius 2 is 2.00 bits per heavy atom. The van der Waals surface area contributed by atoms with Crippen molar-refractivity contribution in [3.8, 4) is 0 Å². The van der Waals surface area contributed by atoms with Gasteiger partial charge < -0.3 is 15.1 Å². The lowest BCUT2D eigenvalue weighted by Crippen LogP contribution is -2.38. The number of piperidine rings is 1. The van der Waals surface area contributed by atoms with Crippen LogP contribution in [0.3, 0.4) is 0 Å². The summed E-state index contributed by atoms with van der Waals surface area (Å²) in [6.07, 6.45) is 2.33. The number of carbonyl (C=O) groups is 2. The van der Waals surface area contributed by atoms with E-state index < -0.39 is 0 Å². The number of nitrogens with zero attached hydrogens (tertiary/aromatic N) is 2. The molecule has 2 amide bonds. The highest BCUT2D eigenvalue weighted by Crippen LogP contribution is 2.28. The van der Waals surface area contributed by atoms with Crippen molar-refractivity contribution in [2.24, 2.45) is 5.92 Å². The largest absolute Gasteiger partial charge is 0.352 e. The van der Waals surface area contributed by atoms with Gasteiger partial charge in [-0.05, 0) is 50.2 Å². The smallest absolute Gasteiger partial charge is 0.231 e. The van der Waals surface area contributed by atoms with Crippen molar-refractivity contribution in [3.63, 3.8) is 0 Å². The molecule has 0 radical (unpaired) electrons. The standard InChI is InChI=1S/C17H23N3O2/c1-19-7-5-13(6-8-19)17(22)18-11-12-3-4-15-14(9-12)10-16(21)20(15)2/h3-4,9,13H,5-8,10-11H2,1-2H3,(H,18,22). The van der Waals surface area contributed by atoms with Crippen molar-refractivity contribution in [2.75, 3.05) is 32.1 Å². The van der Waals surface area contributed by atoms with Crippen LogP contribution in [0.1, 0.15) is 24.0 Å². The topological polar surface area (TPSA) is 52.7 Å². The normalized spacial score (nSPS) is 19.4. The maximum absolute atomic E-state index is 12.2. The zero-order valence-corrected chi connectivity index (χ0v) is 13.3. The fourth-order valence-electron chi connectivity index (χ4n) is 3.24. The molecule has 0 unspecified atom stereocenters. The Balaban J connectivity index is 1.57. The van der Waals surface area contributed by atoms with E-state index in [1.54, 1.807) is 11.9 Å². The Labute approximate surface area is 131 Å². The van der Waals surface area contributed by atoms with E-state index in [2.05, 4.69) is 17.3 Å². The Hall–Kier alpha value is -1.88. The average molecular weight is 301 g/mol. The van der Waals surface area contributed by atoms with Crippen molar-refractivity contribution in [1.29, 1.82) is 0 Å². The molecule has 0 spiro atoms. The first-order valence-corrected chi connectivity index (χ1v) is 7.89. The quantitative estimate of drug-likeness (QED) is 0.911. The van der Waals surface area contributed by atoms with Gasteiger partial charge in [-0.1, -0.05) is 12.1 Å². The molecule has 0 bridgehead atoms. The number of rotatable bonds is 3. The number of nitrogens with one attached hydrogen (secondary N) is 1. The lowest BCUT2D eigenvalue weighted by Gasteiger charge is -2.28.